The number of carbonyl (C=O) groups is 1. The molecule has 1 fully saturated rings. The predicted molar refractivity (Wildman–Crippen MR) is 84.9 cm³/mol. The number of nitrogens with two attached hydrogens (primary N) is 1. The molecule has 0 spiro atoms. The van der Waals surface area contributed by atoms with Crippen molar-refractivity contribution in [1.29, 1.82) is 0 Å². The van der Waals surface area contributed by atoms with Crippen LogP contribution in [0.2, 0.25) is 0 Å². The summed E-state index contributed by atoms with van der Waals surface area (Å²) in [5.74, 6) is 0.715. The molecule has 2 unspecified atom stereocenters. The van der Waals surface area contributed by atoms with E-state index >= 15 is 0 Å². The van der Waals surface area contributed by atoms with Gasteiger partial charge in [0.05, 0.1) is 0 Å². The number of ether oxygens (including phenoxy) is 2. The fourth-order valence-corrected chi connectivity index (χ4v) is 2.93. The molecular weight excluding hydrogens is 324 g/mol. The van der Waals surface area contributed by atoms with E-state index in [-0.39, 0.29) is 24.5 Å². The van der Waals surface area contributed by atoms with Crippen molar-refractivity contribution in [2.24, 2.45) is 0 Å². The fraction of sp³-hybridized carbons (Fsp3) is 0.615. The molecule has 0 aliphatic carbocycles. The second-order valence-electron chi connectivity index (χ2n) is 4.85. The van der Waals surface area contributed by atoms with Gasteiger partial charge in [0.15, 0.2) is 0 Å². The first-order valence-corrected chi connectivity index (χ1v) is 8.28. The van der Waals surface area contributed by atoms with Crippen LogP contribution in [0, 0.1) is 0 Å². The van der Waals surface area contributed by atoms with Gasteiger partial charge >= 0.3 is 11.8 Å². The van der Waals surface area contributed by atoms with E-state index < -0.39 is 18.0 Å². The molecule has 1 aliphatic heterocycles. The van der Waals surface area contributed by atoms with E-state index in [0.29, 0.717) is 25.1 Å². The molecular formula is C13H20N4O5S. The summed E-state index contributed by atoms with van der Waals surface area (Å²) in [6, 6.07) is 1.53. The third-order valence-electron chi connectivity index (χ3n) is 3.10. The largest absolute Gasteiger partial charge is 0.446 e. The van der Waals surface area contributed by atoms with Gasteiger partial charge in [0.25, 0.3) is 0 Å². The number of thioether (sulfide) groups is 1. The van der Waals surface area contributed by atoms with E-state index in [4.69, 9.17) is 20.3 Å². The van der Waals surface area contributed by atoms with Crippen LogP contribution in [0.5, 0.6) is 0 Å². The molecule has 0 radical (unpaired) electrons. The van der Waals surface area contributed by atoms with Crippen molar-refractivity contribution in [2.75, 3.05) is 31.2 Å². The summed E-state index contributed by atoms with van der Waals surface area (Å²) >= 11 is 1.45. The standard InChI is InChI=1S/C13H20N4O5S/c14-9-3-5-17(12(19)16-9)10-8-23-11(22-10)7-21-13(20)15-4-1-2-6-18/h3,5,10-11,18H,1-2,4,6-8H2,(H,15,20)(H2,14,16,19). The Morgan fingerprint density at radius 3 is 3.17 bits per heavy atom. The van der Waals surface area contributed by atoms with Gasteiger partial charge in [-0.1, -0.05) is 0 Å². The number of anilines is 1. The van der Waals surface area contributed by atoms with Crippen molar-refractivity contribution in [3.63, 3.8) is 0 Å². The number of hydrogen-bond donors (Lipinski definition) is 3. The lowest BCUT2D eigenvalue weighted by molar-refractivity contribution is -0.0105. The van der Waals surface area contributed by atoms with Gasteiger partial charge in [0, 0.05) is 25.1 Å². The monoisotopic (exact) mass is 344 g/mol. The lowest BCUT2D eigenvalue weighted by atomic mass is 10.3. The Labute approximate surface area is 137 Å². The number of nitrogen functional groups attached to an aromatic ring is 1. The van der Waals surface area contributed by atoms with E-state index in [1.165, 1.54) is 28.6 Å². The molecule has 2 heterocycles. The minimum Gasteiger partial charge on any atom is -0.446 e. The highest BCUT2D eigenvalue weighted by molar-refractivity contribution is 8.00. The zero-order valence-corrected chi connectivity index (χ0v) is 13.3. The van der Waals surface area contributed by atoms with E-state index in [9.17, 15) is 9.59 Å². The van der Waals surface area contributed by atoms with Gasteiger partial charge in [-0.3, -0.25) is 4.57 Å². The molecule has 2 atom stereocenters. The first-order chi connectivity index (χ1) is 11.1. The molecule has 1 aliphatic rings. The highest BCUT2D eigenvalue weighted by Crippen LogP contribution is 2.30. The lowest BCUT2D eigenvalue weighted by Crippen LogP contribution is -2.30. The number of carbonyl (C=O) groups excluding carboxylic acids is 1. The molecule has 128 valence electrons. The van der Waals surface area contributed by atoms with Gasteiger partial charge in [0.1, 0.15) is 24.1 Å². The molecule has 1 aromatic heterocycles. The van der Waals surface area contributed by atoms with Crippen LogP contribution >= 0.6 is 11.8 Å². The van der Waals surface area contributed by atoms with Crippen LogP contribution < -0.4 is 16.7 Å². The Balaban J connectivity index is 1.73. The Bertz CT molecular complexity index is 582. The zero-order chi connectivity index (χ0) is 16.7. The van der Waals surface area contributed by atoms with Crippen molar-refractivity contribution in [3.8, 4) is 0 Å². The molecule has 1 saturated heterocycles. The summed E-state index contributed by atoms with van der Waals surface area (Å²) in [6.07, 6.45) is 1.87. The number of nitrogens with zero attached hydrogens (tertiary/aromatic N) is 2. The molecule has 0 bridgehead atoms. The number of unbranched alkanes of at least 4 members (excludes halogenated alkanes) is 1. The van der Waals surface area contributed by atoms with Crippen molar-refractivity contribution in [3.05, 3.63) is 22.7 Å². The quantitative estimate of drug-likeness (QED) is 0.586. The van der Waals surface area contributed by atoms with Crippen LogP contribution in [0.4, 0.5) is 10.6 Å². The third-order valence-corrected chi connectivity index (χ3v) is 4.20. The van der Waals surface area contributed by atoms with Crippen LogP contribution in [-0.4, -0.2) is 51.7 Å². The maximum atomic E-state index is 11.7. The topological polar surface area (TPSA) is 129 Å². The maximum Gasteiger partial charge on any atom is 0.407 e. The van der Waals surface area contributed by atoms with Gasteiger partial charge in [-0.15, -0.1) is 11.8 Å². The average molecular weight is 344 g/mol. The summed E-state index contributed by atoms with van der Waals surface area (Å²) in [6.45, 7) is 0.640. The lowest BCUT2D eigenvalue weighted by Gasteiger charge is -2.14. The molecule has 1 amide bonds. The number of aromatic nitrogens is 2. The smallest absolute Gasteiger partial charge is 0.407 e. The molecule has 1 aromatic rings. The Morgan fingerprint density at radius 1 is 1.61 bits per heavy atom. The van der Waals surface area contributed by atoms with E-state index in [1.807, 2.05) is 0 Å². The number of hydrogen-bond acceptors (Lipinski definition) is 8. The second kappa shape index (κ2) is 8.75. The minimum atomic E-state index is -0.526. The molecule has 2 rings (SSSR count). The highest BCUT2D eigenvalue weighted by atomic mass is 32.2. The molecule has 23 heavy (non-hydrogen) atoms. The number of amides is 1. The number of rotatable bonds is 7. The van der Waals surface area contributed by atoms with Crippen LogP contribution in [0.15, 0.2) is 17.1 Å². The number of alkyl carbamates (subject to hydrolysis) is 1. The van der Waals surface area contributed by atoms with Crippen molar-refractivity contribution >= 4 is 23.7 Å². The van der Waals surface area contributed by atoms with Crippen molar-refractivity contribution in [2.45, 2.75) is 24.5 Å². The molecule has 0 aromatic carbocycles. The second-order valence-corrected chi connectivity index (χ2v) is 6.04. The zero-order valence-electron chi connectivity index (χ0n) is 12.5. The van der Waals surface area contributed by atoms with E-state index in [0.717, 1.165) is 0 Å². The summed E-state index contributed by atoms with van der Waals surface area (Å²) in [7, 11) is 0. The number of aliphatic hydroxyl groups is 1. The summed E-state index contributed by atoms with van der Waals surface area (Å²) in [5, 5.41) is 11.2. The molecule has 0 saturated carbocycles. The van der Waals surface area contributed by atoms with Gasteiger partial charge in [-0.05, 0) is 18.9 Å². The predicted octanol–water partition coefficient (Wildman–Crippen LogP) is -0.0877. The van der Waals surface area contributed by atoms with Crippen molar-refractivity contribution in [1.82, 2.24) is 14.9 Å². The average Bonchev–Trinajstić information content (AvgIpc) is 2.98. The third kappa shape index (κ3) is 5.41. The Morgan fingerprint density at radius 2 is 2.43 bits per heavy atom. The van der Waals surface area contributed by atoms with Gasteiger partial charge in [0.2, 0.25) is 0 Å². The van der Waals surface area contributed by atoms with Gasteiger partial charge < -0.3 is 25.6 Å². The molecule has 4 N–H and O–H groups in total. The summed E-state index contributed by atoms with van der Waals surface area (Å²) in [4.78, 5) is 26.9. The van der Waals surface area contributed by atoms with Crippen LogP contribution in [0.1, 0.15) is 19.1 Å². The first kappa shape index (κ1) is 17.6. The first-order valence-electron chi connectivity index (χ1n) is 7.23. The molecule has 9 nitrogen and oxygen atoms in total. The van der Waals surface area contributed by atoms with Crippen LogP contribution in [-0.2, 0) is 9.47 Å². The summed E-state index contributed by atoms with van der Waals surface area (Å²) in [5.41, 5.74) is 4.63. The Hall–Kier alpha value is -1.78. The highest BCUT2D eigenvalue weighted by Gasteiger charge is 2.29. The van der Waals surface area contributed by atoms with E-state index in [1.54, 1.807) is 0 Å². The number of aliphatic hydroxyl groups excluding tert-OH is 1. The number of nitrogens with one attached hydrogen (secondary N) is 1. The van der Waals surface area contributed by atoms with Crippen LogP contribution in [0.3, 0.4) is 0 Å². The maximum absolute atomic E-state index is 11.7. The van der Waals surface area contributed by atoms with Crippen molar-refractivity contribution < 1.29 is 19.4 Å². The van der Waals surface area contributed by atoms with E-state index in [2.05, 4.69) is 10.3 Å². The SMILES string of the molecule is Nc1ccn(C2CSC(COC(=O)NCCCCO)O2)c(=O)n1. The fourth-order valence-electron chi connectivity index (χ4n) is 1.94. The normalized spacial score (nSPS) is 20.4. The minimum absolute atomic E-state index is 0.0875. The molecule has 10 heteroatoms. The summed E-state index contributed by atoms with van der Waals surface area (Å²) < 4.78 is 12.1. The van der Waals surface area contributed by atoms with Gasteiger partial charge in [-0.25, -0.2) is 9.59 Å². The Kier molecular flexibility index (Phi) is 6.68. The van der Waals surface area contributed by atoms with Gasteiger partial charge in [-0.2, -0.15) is 4.98 Å². The van der Waals surface area contributed by atoms with Crippen LogP contribution in [0.25, 0.3) is 0 Å².